The van der Waals surface area contributed by atoms with Gasteiger partial charge in [-0.25, -0.2) is 4.98 Å². The minimum Gasteiger partial charge on any atom is -0.454 e. The van der Waals surface area contributed by atoms with E-state index < -0.39 is 0 Å². The van der Waals surface area contributed by atoms with E-state index in [9.17, 15) is 0 Å². The average Bonchev–Trinajstić information content (AvgIpc) is 3.74. The first-order chi connectivity index (χ1) is 21.3. The molecule has 0 atom stereocenters. The minimum atomic E-state index is 0.906. The number of hydrogen-bond acceptors (Lipinski definition) is 2. The van der Waals surface area contributed by atoms with Crippen molar-refractivity contribution in [1.29, 1.82) is 0 Å². The van der Waals surface area contributed by atoms with Crippen molar-refractivity contribution in [2.45, 2.75) is 0 Å². The van der Waals surface area contributed by atoms with Crippen molar-refractivity contribution in [3.05, 3.63) is 140 Å². The van der Waals surface area contributed by atoms with Gasteiger partial charge in [0.15, 0.2) is 5.58 Å². The van der Waals surface area contributed by atoms with E-state index in [1.54, 1.807) is 0 Å². The lowest BCUT2D eigenvalue weighted by molar-refractivity contribution is 0.671. The van der Waals surface area contributed by atoms with Gasteiger partial charge in [0, 0.05) is 38.2 Å². The summed E-state index contributed by atoms with van der Waals surface area (Å²) in [6.45, 7) is 0. The van der Waals surface area contributed by atoms with E-state index in [2.05, 4.69) is 136 Å². The van der Waals surface area contributed by atoms with Crippen molar-refractivity contribution >= 4 is 71.2 Å². The first-order valence-electron chi connectivity index (χ1n) is 14.6. The van der Waals surface area contributed by atoms with Crippen LogP contribution in [-0.4, -0.2) is 14.0 Å². The Morgan fingerprint density at radius 1 is 0.512 bits per heavy atom. The third-order valence-electron chi connectivity index (χ3n) is 8.89. The fourth-order valence-corrected chi connectivity index (χ4v) is 6.99. The zero-order chi connectivity index (χ0) is 28.1. The highest BCUT2D eigenvalue weighted by Gasteiger charge is 2.19. The van der Waals surface area contributed by atoms with Gasteiger partial charge in [0.2, 0.25) is 0 Å². The minimum absolute atomic E-state index is 0.906. The molecule has 0 saturated carbocycles. The van der Waals surface area contributed by atoms with Crippen molar-refractivity contribution in [2.24, 2.45) is 0 Å². The molecule has 43 heavy (non-hydrogen) atoms. The van der Waals surface area contributed by atoms with Crippen LogP contribution in [0.4, 0.5) is 0 Å². The van der Waals surface area contributed by atoms with Crippen molar-refractivity contribution < 1.29 is 4.42 Å². The Balaban J connectivity index is 1.24. The van der Waals surface area contributed by atoms with Gasteiger partial charge in [0.25, 0.3) is 0 Å². The molecule has 4 nitrogen and oxygen atoms in total. The molecule has 0 fully saturated rings. The van der Waals surface area contributed by atoms with Crippen molar-refractivity contribution in [3.8, 4) is 16.9 Å². The van der Waals surface area contributed by atoms with Crippen molar-refractivity contribution in [2.75, 3.05) is 0 Å². The lowest BCUT2D eigenvalue weighted by atomic mass is 10.1. The molecule has 10 aromatic rings. The highest BCUT2D eigenvalue weighted by molar-refractivity contribution is 6.21. The zero-order valence-electron chi connectivity index (χ0n) is 23.0. The topological polar surface area (TPSA) is 35.4 Å². The van der Waals surface area contributed by atoms with Gasteiger partial charge in [-0.3, -0.25) is 0 Å². The monoisotopic (exact) mass is 549 g/mol. The van der Waals surface area contributed by atoms with Crippen LogP contribution in [0, 0.1) is 0 Å². The van der Waals surface area contributed by atoms with Gasteiger partial charge in [-0.1, -0.05) is 84.9 Å². The molecule has 4 heteroatoms. The van der Waals surface area contributed by atoms with Gasteiger partial charge >= 0.3 is 0 Å². The summed E-state index contributed by atoms with van der Waals surface area (Å²) in [5.41, 5.74) is 11.6. The van der Waals surface area contributed by atoms with Crippen LogP contribution in [0.3, 0.4) is 0 Å². The Bertz CT molecular complexity index is 2720. The predicted molar refractivity (Wildman–Crippen MR) is 177 cm³/mol. The maximum atomic E-state index is 6.53. The molecule has 0 spiro atoms. The number of fused-ring (bicyclic) bond motifs is 12. The lowest BCUT2D eigenvalue weighted by Crippen LogP contribution is -1.97. The maximum absolute atomic E-state index is 6.53. The summed E-state index contributed by atoms with van der Waals surface area (Å²) in [6.07, 6.45) is 0. The second-order valence-corrected chi connectivity index (χ2v) is 11.2. The molecule has 0 amide bonds. The van der Waals surface area contributed by atoms with E-state index in [4.69, 9.17) is 9.40 Å². The van der Waals surface area contributed by atoms with E-state index in [-0.39, 0.29) is 0 Å². The summed E-state index contributed by atoms with van der Waals surface area (Å²) in [5, 5.41) is 5.87. The summed E-state index contributed by atoms with van der Waals surface area (Å²) >= 11 is 0. The van der Waals surface area contributed by atoms with Gasteiger partial charge in [-0.2, -0.15) is 0 Å². The van der Waals surface area contributed by atoms with Gasteiger partial charge in [0.05, 0.1) is 38.8 Å². The molecule has 6 aromatic carbocycles. The molecule has 10 rings (SSSR count). The van der Waals surface area contributed by atoms with Crippen LogP contribution in [0.15, 0.2) is 144 Å². The van der Waals surface area contributed by atoms with Crippen LogP contribution < -0.4 is 0 Å². The number of benzene rings is 6. The molecule has 0 saturated heterocycles. The normalized spacial score (nSPS) is 12.2. The van der Waals surface area contributed by atoms with Crippen LogP contribution in [0.25, 0.3) is 88.1 Å². The summed E-state index contributed by atoms with van der Waals surface area (Å²) in [5.74, 6) is 0. The second kappa shape index (κ2) is 8.34. The van der Waals surface area contributed by atoms with Crippen LogP contribution in [0.1, 0.15) is 0 Å². The zero-order valence-corrected chi connectivity index (χ0v) is 23.0. The second-order valence-electron chi connectivity index (χ2n) is 11.2. The number of aromatic nitrogens is 3. The molecule has 0 bridgehead atoms. The highest BCUT2D eigenvalue weighted by atomic mass is 16.3. The van der Waals surface area contributed by atoms with E-state index in [0.29, 0.717) is 0 Å². The largest absolute Gasteiger partial charge is 0.454 e. The molecule has 0 aliphatic rings. The summed E-state index contributed by atoms with van der Waals surface area (Å²) in [4.78, 5) is 5.18. The Labute approximate surface area is 245 Å². The Hall–Kier alpha value is -5.87. The van der Waals surface area contributed by atoms with Gasteiger partial charge in [0.1, 0.15) is 5.58 Å². The number of furan rings is 1. The molecular weight excluding hydrogens is 526 g/mol. The molecule has 200 valence electrons. The van der Waals surface area contributed by atoms with Crippen LogP contribution in [-0.2, 0) is 0 Å². The SMILES string of the molecule is c1ccc2c(c1)cc1c(-c3ccc(-n4c5ccccc5c5ccc6c7ccccc7oc6c54)cc3)nc3ccccc3n12. The average molecular weight is 550 g/mol. The van der Waals surface area contributed by atoms with E-state index in [1.165, 1.54) is 21.7 Å². The Kier molecular flexibility index (Phi) is 4.42. The van der Waals surface area contributed by atoms with Gasteiger partial charge in [-0.15, -0.1) is 0 Å². The molecule has 0 unspecified atom stereocenters. The summed E-state index contributed by atoms with van der Waals surface area (Å²) in [6, 6.07) is 49.3. The molecule has 4 aromatic heterocycles. The Morgan fingerprint density at radius 3 is 2.09 bits per heavy atom. The fourth-order valence-electron chi connectivity index (χ4n) is 6.99. The standard InChI is InChI=1S/C39H23N3O/c1-5-13-32-25(9-1)23-35-37(40-31-12-4-7-15-34(31)42(32)35)24-17-19-26(20-18-24)41-33-14-6-2-10-27(33)29-21-22-30-28-11-3-8-16-36(28)43-39(30)38(29)41/h1-23H. The van der Waals surface area contributed by atoms with E-state index in [0.717, 1.165) is 66.5 Å². The van der Waals surface area contributed by atoms with Crippen LogP contribution >= 0.6 is 0 Å². The number of hydrogen-bond donors (Lipinski definition) is 0. The first kappa shape index (κ1) is 22.8. The number of rotatable bonds is 2. The molecule has 0 N–H and O–H groups in total. The van der Waals surface area contributed by atoms with Crippen LogP contribution in [0.5, 0.6) is 0 Å². The third kappa shape index (κ3) is 3.07. The summed E-state index contributed by atoms with van der Waals surface area (Å²) < 4.78 is 11.2. The maximum Gasteiger partial charge on any atom is 0.160 e. The number of para-hydroxylation sites is 5. The summed E-state index contributed by atoms with van der Waals surface area (Å²) in [7, 11) is 0. The first-order valence-corrected chi connectivity index (χ1v) is 14.6. The Morgan fingerprint density at radius 2 is 1.21 bits per heavy atom. The molecule has 0 aliphatic heterocycles. The van der Waals surface area contributed by atoms with Crippen LogP contribution in [0.2, 0.25) is 0 Å². The van der Waals surface area contributed by atoms with Crippen molar-refractivity contribution in [1.82, 2.24) is 14.0 Å². The van der Waals surface area contributed by atoms with E-state index >= 15 is 0 Å². The lowest BCUT2D eigenvalue weighted by Gasteiger charge is -2.12. The molecule has 0 radical (unpaired) electrons. The molecule has 0 aliphatic carbocycles. The molecule has 4 heterocycles. The van der Waals surface area contributed by atoms with Gasteiger partial charge < -0.3 is 13.4 Å². The predicted octanol–water partition coefficient (Wildman–Crippen LogP) is 10.3. The van der Waals surface area contributed by atoms with E-state index in [1.807, 2.05) is 12.1 Å². The number of nitrogens with zero attached hydrogens (tertiary/aromatic N) is 3. The van der Waals surface area contributed by atoms with Crippen molar-refractivity contribution in [3.63, 3.8) is 0 Å². The molecular formula is C39H23N3O. The van der Waals surface area contributed by atoms with Gasteiger partial charge in [-0.05, 0) is 54.6 Å². The quantitative estimate of drug-likeness (QED) is 0.215. The fraction of sp³-hybridized carbons (Fsp3) is 0. The third-order valence-corrected chi connectivity index (χ3v) is 8.89. The smallest absolute Gasteiger partial charge is 0.160 e. The highest BCUT2D eigenvalue weighted by Crippen LogP contribution is 2.40.